The Morgan fingerprint density at radius 2 is 2.23 bits per heavy atom. The Balaban J connectivity index is 2.18. The molecule has 0 radical (unpaired) electrons. The van der Waals surface area contributed by atoms with Gasteiger partial charge in [-0.25, -0.2) is 0 Å². The monoisotopic (exact) mass is 308 g/mol. The third-order valence-electron chi connectivity index (χ3n) is 3.71. The van der Waals surface area contributed by atoms with E-state index in [1.165, 1.54) is 14.2 Å². The largest absolute Gasteiger partial charge is 0.504 e. The van der Waals surface area contributed by atoms with Gasteiger partial charge in [0.1, 0.15) is 6.04 Å². The van der Waals surface area contributed by atoms with Gasteiger partial charge >= 0.3 is 5.97 Å². The second-order valence-electron chi connectivity index (χ2n) is 5.03. The zero-order valence-electron chi connectivity index (χ0n) is 12.7. The summed E-state index contributed by atoms with van der Waals surface area (Å²) >= 11 is 0. The van der Waals surface area contributed by atoms with Crippen molar-refractivity contribution < 1.29 is 24.2 Å². The van der Waals surface area contributed by atoms with E-state index in [1.54, 1.807) is 18.2 Å². The van der Waals surface area contributed by atoms with Crippen molar-refractivity contribution in [2.24, 2.45) is 0 Å². The van der Waals surface area contributed by atoms with Crippen LogP contribution in [-0.2, 0) is 20.9 Å². The summed E-state index contributed by atoms with van der Waals surface area (Å²) < 4.78 is 9.73. The average Bonchev–Trinajstić information content (AvgIpc) is 2.52. The summed E-state index contributed by atoms with van der Waals surface area (Å²) in [6.07, 6.45) is -0.0208. The van der Waals surface area contributed by atoms with Gasteiger partial charge in [-0.2, -0.15) is 0 Å². The molecule has 1 aliphatic rings. The number of phenols is 1. The highest BCUT2D eigenvalue weighted by atomic mass is 16.5. The number of carbonyl (C=O) groups excluding carboxylic acids is 2. The number of hydrogen-bond donors (Lipinski definition) is 2. The zero-order valence-corrected chi connectivity index (χ0v) is 12.7. The molecule has 2 rings (SSSR count). The molecular weight excluding hydrogens is 288 g/mol. The molecule has 0 saturated carbocycles. The number of methoxy groups -OCH3 is 2. The van der Waals surface area contributed by atoms with Crippen molar-refractivity contribution in [2.75, 3.05) is 27.3 Å². The van der Waals surface area contributed by atoms with Crippen molar-refractivity contribution in [1.82, 2.24) is 10.2 Å². The van der Waals surface area contributed by atoms with Crippen molar-refractivity contribution in [3.63, 3.8) is 0 Å². The van der Waals surface area contributed by atoms with E-state index in [0.717, 1.165) is 0 Å². The van der Waals surface area contributed by atoms with Gasteiger partial charge in [-0.3, -0.25) is 14.5 Å². The smallest absolute Gasteiger partial charge is 0.307 e. The van der Waals surface area contributed by atoms with Gasteiger partial charge in [0.15, 0.2) is 11.5 Å². The first-order valence-electron chi connectivity index (χ1n) is 7.00. The van der Waals surface area contributed by atoms with Gasteiger partial charge in [-0.05, 0) is 6.07 Å². The molecule has 0 bridgehead atoms. The third-order valence-corrected chi connectivity index (χ3v) is 3.71. The first-order chi connectivity index (χ1) is 10.6. The quantitative estimate of drug-likeness (QED) is 0.759. The van der Waals surface area contributed by atoms with Gasteiger partial charge in [-0.15, -0.1) is 0 Å². The number of para-hydroxylation sites is 1. The van der Waals surface area contributed by atoms with Crippen molar-refractivity contribution in [1.29, 1.82) is 0 Å². The molecule has 22 heavy (non-hydrogen) atoms. The number of phenolic OH excluding ortho intramolecular Hbond substituents is 1. The second-order valence-corrected chi connectivity index (χ2v) is 5.03. The maximum atomic E-state index is 12.0. The Morgan fingerprint density at radius 1 is 1.45 bits per heavy atom. The van der Waals surface area contributed by atoms with Crippen LogP contribution in [0.5, 0.6) is 11.5 Å². The van der Waals surface area contributed by atoms with Crippen molar-refractivity contribution >= 4 is 11.9 Å². The van der Waals surface area contributed by atoms with Crippen LogP contribution in [0, 0.1) is 0 Å². The number of piperazine rings is 1. The third kappa shape index (κ3) is 3.48. The lowest BCUT2D eigenvalue weighted by molar-refractivity contribution is -0.146. The Morgan fingerprint density at radius 3 is 2.91 bits per heavy atom. The Labute approximate surface area is 128 Å². The van der Waals surface area contributed by atoms with E-state index in [2.05, 4.69) is 10.1 Å². The normalized spacial score (nSPS) is 18.6. The summed E-state index contributed by atoms with van der Waals surface area (Å²) in [5.41, 5.74) is 0.643. The standard InChI is InChI=1S/C15H20N2O5/c1-21-12-5-3-4-10(14(12)19)9-17-7-6-16-15(20)11(17)8-13(18)22-2/h3-5,11,19H,6-9H2,1-2H3,(H,16,20). The second kappa shape index (κ2) is 7.13. The van der Waals surface area contributed by atoms with Crippen LogP contribution >= 0.6 is 0 Å². The van der Waals surface area contributed by atoms with Crippen LogP contribution in [0.2, 0.25) is 0 Å². The van der Waals surface area contributed by atoms with E-state index in [1.807, 2.05) is 4.90 Å². The molecule has 1 aliphatic heterocycles. The Bertz CT molecular complexity index is 561. The highest BCUT2D eigenvalue weighted by Crippen LogP contribution is 2.31. The summed E-state index contributed by atoms with van der Waals surface area (Å²) in [5.74, 6) is -0.225. The van der Waals surface area contributed by atoms with Gasteiger partial charge in [-0.1, -0.05) is 12.1 Å². The lowest BCUT2D eigenvalue weighted by Gasteiger charge is -2.34. The minimum absolute atomic E-state index is 0.0208. The highest BCUT2D eigenvalue weighted by Gasteiger charge is 2.32. The van der Waals surface area contributed by atoms with Crippen LogP contribution in [0.3, 0.4) is 0 Å². The number of esters is 1. The minimum atomic E-state index is -0.605. The van der Waals surface area contributed by atoms with Crippen LogP contribution in [0.25, 0.3) is 0 Å². The van der Waals surface area contributed by atoms with Gasteiger partial charge in [0.2, 0.25) is 5.91 Å². The van der Waals surface area contributed by atoms with Crippen LogP contribution in [-0.4, -0.2) is 55.2 Å². The molecule has 0 aromatic heterocycles. The molecule has 2 N–H and O–H groups in total. The van der Waals surface area contributed by atoms with Crippen molar-refractivity contribution in [3.05, 3.63) is 23.8 Å². The van der Waals surface area contributed by atoms with Gasteiger partial charge < -0.3 is 19.9 Å². The number of benzene rings is 1. The summed E-state index contributed by atoms with van der Waals surface area (Å²) in [6, 6.07) is 4.59. The molecule has 1 heterocycles. The molecule has 1 fully saturated rings. The molecule has 120 valence electrons. The number of rotatable bonds is 5. The topological polar surface area (TPSA) is 88.1 Å². The van der Waals surface area contributed by atoms with Crippen LogP contribution in [0.1, 0.15) is 12.0 Å². The van der Waals surface area contributed by atoms with Gasteiger partial charge in [0.05, 0.1) is 20.6 Å². The fraction of sp³-hybridized carbons (Fsp3) is 0.467. The molecule has 1 amide bonds. The number of nitrogens with zero attached hydrogens (tertiary/aromatic N) is 1. The molecule has 1 aromatic carbocycles. The van der Waals surface area contributed by atoms with Crippen molar-refractivity contribution in [3.8, 4) is 11.5 Å². The van der Waals surface area contributed by atoms with E-state index in [4.69, 9.17) is 4.74 Å². The average molecular weight is 308 g/mol. The molecule has 0 spiro atoms. The SMILES string of the molecule is COC(=O)CC1C(=O)NCCN1Cc1cccc(OC)c1O. The number of aromatic hydroxyl groups is 1. The Hall–Kier alpha value is -2.28. The fourth-order valence-corrected chi connectivity index (χ4v) is 2.49. The van der Waals surface area contributed by atoms with Gasteiger partial charge in [0, 0.05) is 25.2 Å². The first-order valence-corrected chi connectivity index (χ1v) is 7.00. The number of amides is 1. The summed E-state index contributed by atoms with van der Waals surface area (Å²) in [5, 5.41) is 12.9. The molecule has 1 saturated heterocycles. The molecule has 7 nitrogen and oxygen atoms in total. The summed E-state index contributed by atoms with van der Waals surface area (Å²) in [6.45, 7) is 1.43. The molecule has 7 heteroatoms. The zero-order chi connectivity index (χ0) is 16.1. The maximum absolute atomic E-state index is 12.0. The molecular formula is C15H20N2O5. The van der Waals surface area contributed by atoms with Crippen LogP contribution in [0.15, 0.2) is 18.2 Å². The van der Waals surface area contributed by atoms with E-state index >= 15 is 0 Å². The summed E-state index contributed by atoms with van der Waals surface area (Å²) in [4.78, 5) is 25.4. The predicted molar refractivity (Wildman–Crippen MR) is 78.5 cm³/mol. The number of ether oxygens (including phenoxy) is 2. The van der Waals surface area contributed by atoms with E-state index < -0.39 is 12.0 Å². The van der Waals surface area contributed by atoms with Crippen LogP contribution < -0.4 is 10.1 Å². The first kappa shape index (κ1) is 16.1. The molecule has 1 aromatic rings. The maximum Gasteiger partial charge on any atom is 0.307 e. The molecule has 1 atom stereocenters. The number of carbonyl (C=O) groups is 2. The van der Waals surface area contributed by atoms with Gasteiger partial charge in [0.25, 0.3) is 0 Å². The van der Waals surface area contributed by atoms with Crippen molar-refractivity contribution in [2.45, 2.75) is 19.0 Å². The number of hydrogen-bond acceptors (Lipinski definition) is 6. The van der Waals surface area contributed by atoms with E-state index in [9.17, 15) is 14.7 Å². The number of nitrogens with one attached hydrogen (secondary N) is 1. The Kier molecular flexibility index (Phi) is 5.21. The lowest BCUT2D eigenvalue weighted by atomic mass is 10.1. The minimum Gasteiger partial charge on any atom is -0.504 e. The van der Waals surface area contributed by atoms with Crippen LogP contribution in [0.4, 0.5) is 0 Å². The highest BCUT2D eigenvalue weighted by molar-refractivity contribution is 5.87. The molecule has 1 unspecified atom stereocenters. The predicted octanol–water partition coefficient (Wildman–Crippen LogP) is 0.264. The van der Waals surface area contributed by atoms with E-state index in [0.29, 0.717) is 30.9 Å². The lowest BCUT2D eigenvalue weighted by Crippen LogP contribution is -2.55. The molecule has 0 aliphatic carbocycles. The fourth-order valence-electron chi connectivity index (χ4n) is 2.49. The summed E-state index contributed by atoms with van der Waals surface area (Å²) in [7, 11) is 2.77. The van der Waals surface area contributed by atoms with E-state index in [-0.39, 0.29) is 18.1 Å².